The van der Waals surface area contributed by atoms with Crippen molar-refractivity contribution in [2.24, 2.45) is 0 Å². The standard InChI is InChI=1S/C22H32N2O5Si/c1-22(2,3)30(6,7)29-18-14-16(15-10-8-9-11-17(15)27-4)23-13-12-19(25)24(23)20(18)21(26)28-5/h8-11,16H,12-14H2,1-7H3. The quantitative estimate of drug-likeness (QED) is 0.518. The summed E-state index contributed by atoms with van der Waals surface area (Å²) in [6.45, 7) is 11.2. The number of fused-ring (bicyclic) bond motifs is 1. The van der Waals surface area contributed by atoms with E-state index in [9.17, 15) is 9.59 Å². The Morgan fingerprint density at radius 1 is 1.17 bits per heavy atom. The van der Waals surface area contributed by atoms with Crippen LogP contribution in [-0.2, 0) is 18.8 Å². The number of benzene rings is 1. The van der Waals surface area contributed by atoms with E-state index in [1.54, 1.807) is 7.11 Å². The van der Waals surface area contributed by atoms with Crippen molar-refractivity contribution in [1.82, 2.24) is 10.0 Å². The van der Waals surface area contributed by atoms with Gasteiger partial charge in [0.05, 0.1) is 20.3 Å². The highest BCUT2D eigenvalue weighted by Gasteiger charge is 2.49. The Morgan fingerprint density at radius 2 is 1.83 bits per heavy atom. The molecule has 1 aromatic carbocycles. The van der Waals surface area contributed by atoms with Crippen LogP contribution in [0, 0.1) is 0 Å². The number of nitrogens with zero attached hydrogens (tertiary/aromatic N) is 2. The molecule has 3 rings (SSSR count). The molecule has 0 spiro atoms. The van der Waals surface area contributed by atoms with Crippen LogP contribution in [0.1, 0.15) is 45.2 Å². The number of hydrogen-bond acceptors (Lipinski definition) is 6. The zero-order chi connectivity index (χ0) is 22.3. The van der Waals surface area contributed by atoms with E-state index in [-0.39, 0.29) is 22.7 Å². The van der Waals surface area contributed by atoms with Crippen molar-refractivity contribution in [2.45, 2.75) is 57.8 Å². The van der Waals surface area contributed by atoms with Gasteiger partial charge in [-0.05, 0) is 24.2 Å². The average Bonchev–Trinajstić information content (AvgIpc) is 3.07. The van der Waals surface area contributed by atoms with E-state index in [4.69, 9.17) is 13.9 Å². The van der Waals surface area contributed by atoms with Gasteiger partial charge in [0.15, 0.2) is 5.70 Å². The number of carbonyl (C=O) groups excluding carboxylic acids is 2. The third kappa shape index (κ3) is 3.86. The number of methoxy groups -OCH3 is 2. The van der Waals surface area contributed by atoms with Crippen LogP contribution in [0.5, 0.6) is 5.75 Å². The first kappa shape index (κ1) is 22.4. The first-order chi connectivity index (χ1) is 14.0. The largest absolute Gasteiger partial charge is 0.545 e. The maximum atomic E-state index is 12.8. The van der Waals surface area contributed by atoms with E-state index in [0.29, 0.717) is 25.1 Å². The maximum Gasteiger partial charge on any atom is 0.359 e. The van der Waals surface area contributed by atoms with Gasteiger partial charge >= 0.3 is 5.97 Å². The zero-order valence-electron chi connectivity index (χ0n) is 18.9. The minimum absolute atomic E-state index is 0.0622. The fraction of sp³-hybridized carbons (Fsp3) is 0.545. The van der Waals surface area contributed by atoms with Crippen LogP contribution in [-0.4, -0.2) is 51.0 Å². The Hall–Kier alpha value is -2.32. The topological polar surface area (TPSA) is 68.3 Å². The fourth-order valence-corrected chi connectivity index (χ4v) is 4.77. The molecule has 0 saturated carbocycles. The van der Waals surface area contributed by atoms with E-state index in [1.807, 2.05) is 29.3 Å². The Kier molecular flexibility index (Phi) is 6.02. The molecule has 1 unspecified atom stereocenters. The highest BCUT2D eigenvalue weighted by Crippen LogP contribution is 2.46. The molecule has 0 bridgehead atoms. The van der Waals surface area contributed by atoms with E-state index in [0.717, 1.165) is 11.3 Å². The van der Waals surface area contributed by atoms with Crippen molar-refractivity contribution in [3.05, 3.63) is 41.3 Å². The van der Waals surface area contributed by atoms with Gasteiger partial charge in [0.25, 0.3) is 0 Å². The summed E-state index contributed by atoms with van der Waals surface area (Å²) in [5.41, 5.74) is 1.16. The van der Waals surface area contributed by atoms with Gasteiger partial charge in [-0.25, -0.2) is 14.8 Å². The fourth-order valence-electron chi connectivity index (χ4n) is 3.66. The minimum atomic E-state index is -2.26. The van der Waals surface area contributed by atoms with Gasteiger partial charge in [-0.3, -0.25) is 4.79 Å². The van der Waals surface area contributed by atoms with Gasteiger partial charge in [-0.1, -0.05) is 39.0 Å². The summed E-state index contributed by atoms with van der Waals surface area (Å²) in [6, 6.07) is 7.60. The van der Waals surface area contributed by atoms with Gasteiger partial charge in [0, 0.05) is 24.9 Å². The molecule has 1 saturated heterocycles. The predicted molar refractivity (Wildman–Crippen MR) is 116 cm³/mol. The summed E-state index contributed by atoms with van der Waals surface area (Å²) in [4.78, 5) is 25.6. The van der Waals surface area contributed by atoms with E-state index in [1.165, 1.54) is 12.1 Å². The molecule has 1 aromatic rings. The lowest BCUT2D eigenvalue weighted by atomic mass is 9.98. The van der Waals surface area contributed by atoms with Crippen molar-refractivity contribution in [3.8, 4) is 5.75 Å². The normalized spacial score (nSPS) is 20.3. The zero-order valence-corrected chi connectivity index (χ0v) is 19.9. The van der Waals surface area contributed by atoms with Crippen molar-refractivity contribution in [3.63, 3.8) is 0 Å². The molecule has 1 fully saturated rings. The molecule has 8 heteroatoms. The number of amides is 1. The number of ether oxygens (including phenoxy) is 2. The Morgan fingerprint density at radius 3 is 2.43 bits per heavy atom. The second-order valence-electron chi connectivity index (χ2n) is 9.21. The molecule has 1 atom stereocenters. The molecule has 2 aliphatic rings. The minimum Gasteiger partial charge on any atom is -0.545 e. The lowest BCUT2D eigenvalue weighted by Crippen LogP contribution is -2.49. The summed E-state index contributed by atoms with van der Waals surface area (Å²) in [5, 5.41) is 3.34. The van der Waals surface area contributed by atoms with Gasteiger partial charge in [-0.15, -0.1) is 0 Å². The SMILES string of the molecule is COC(=O)C1=C(O[Si](C)(C)C(C)(C)C)CC(c2ccccc2OC)N2CCC(=O)N12. The van der Waals surface area contributed by atoms with Crippen molar-refractivity contribution in [2.75, 3.05) is 20.8 Å². The molecule has 2 heterocycles. The average molecular weight is 433 g/mol. The summed E-state index contributed by atoms with van der Waals surface area (Å²) < 4.78 is 17.3. The van der Waals surface area contributed by atoms with Crippen LogP contribution in [0.3, 0.4) is 0 Å². The molecule has 30 heavy (non-hydrogen) atoms. The summed E-state index contributed by atoms with van der Waals surface area (Å²) in [5.74, 6) is 0.583. The number of carbonyl (C=O) groups is 2. The molecule has 164 valence electrons. The summed E-state index contributed by atoms with van der Waals surface area (Å²) in [7, 11) is 0.702. The van der Waals surface area contributed by atoms with E-state index < -0.39 is 14.3 Å². The molecule has 0 radical (unpaired) electrons. The highest BCUT2D eigenvalue weighted by atomic mass is 28.4. The van der Waals surface area contributed by atoms with Gasteiger partial charge < -0.3 is 13.9 Å². The number of hydrazine groups is 1. The van der Waals surface area contributed by atoms with Crippen molar-refractivity contribution >= 4 is 20.2 Å². The molecule has 0 aliphatic carbocycles. The smallest absolute Gasteiger partial charge is 0.359 e. The molecule has 2 aliphatic heterocycles. The number of rotatable bonds is 5. The Bertz CT molecular complexity index is 875. The van der Waals surface area contributed by atoms with Gasteiger partial charge in [0.2, 0.25) is 14.2 Å². The highest BCUT2D eigenvalue weighted by molar-refractivity contribution is 6.74. The van der Waals surface area contributed by atoms with Crippen LogP contribution in [0.15, 0.2) is 35.7 Å². The predicted octanol–water partition coefficient (Wildman–Crippen LogP) is 4.00. The molecular formula is C22H32N2O5Si. The van der Waals surface area contributed by atoms with Gasteiger partial charge in [-0.2, -0.15) is 0 Å². The van der Waals surface area contributed by atoms with Gasteiger partial charge in [0.1, 0.15) is 11.5 Å². The number of hydrogen-bond donors (Lipinski definition) is 0. The van der Waals surface area contributed by atoms with Crippen molar-refractivity contribution in [1.29, 1.82) is 0 Å². The number of para-hydroxylation sites is 1. The Balaban J connectivity index is 2.15. The molecular weight excluding hydrogens is 400 g/mol. The second-order valence-corrected chi connectivity index (χ2v) is 13.9. The maximum absolute atomic E-state index is 12.8. The molecule has 7 nitrogen and oxygen atoms in total. The van der Waals surface area contributed by atoms with E-state index in [2.05, 4.69) is 33.9 Å². The first-order valence-electron chi connectivity index (χ1n) is 10.2. The molecule has 0 N–H and O–H groups in total. The monoisotopic (exact) mass is 432 g/mol. The lowest BCUT2D eigenvalue weighted by Gasteiger charge is -2.44. The van der Waals surface area contributed by atoms with Crippen molar-refractivity contribution < 1.29 is 23.5 Å². The van der Waals surface area contributed by atoms with Crippen LogP contribution >= 0.6 is 0 Å². The number of esters is 1. The van der Waals surface area contributed by atoms with E-state index >= 15 is 0 Å². The third-order valence-corrected chi connectivity index (χ3v) is 10.7. The summed E-state index contributed by atoms with van der Waals surface area (Å²) in [6.07, 6.45) is 0.792. The molecule has 0 aromatic heterocycles. The first-order valence-corrected chi connectivity index (χ1v) is 13.2. The summed E-state index contributed by atoms with van der Waals surface area (Å²) >= 11 is 0. The molecule has 1 amide bonds. The van der Waals surface area contributed by atoms with Crippen LogP contribution < -0.4 is 4.74 Å². The van der Waals surface area contributed by atoms with Crippen LogP contribution in [0.2, 0.25) is 18.1 Å². The second kappa shape index (κ2) is 8.07. The van der Waals surface area contributed by atoms with Crippen LogP contribution in [0.4, 0.5) is 0 Å². The van der Waals surface area contributed by atoms with Crippen LogP contribution in [0.25, 0.3) is 0 Å². The Labute approximate surface area is 179 Å². The third-order valence-electron chi connectivity index (χ3n) is 6.32. The lowest BCUT2D eigenvalue weighted by molar-refractivity contribution is -0.151.